The summed E-state index contributed by atoms with van der Waals surface area (Å²) in [4.78, 5) is 0.522. The van der Waals surface area contributed by atoms with Crippen molar-refractivity contribution in [2.45, 2.75) is 17.2 Å². The first-order valence-corrected chi connectivity index (χ1v) is 7.83. The van der Waals surface area contributed by atoms with Crippen molar-refractivity contribution in [2.75, 3.05) is 5.32 Å². The van der Waals surface area contributed by atoms with Crippen molar-refractivity contribution < 1.29 is 8.78 Å². The molecule has 0 aliphatic heterocycles. The minimum Gasteiger partial charge on any atom is -0.380 e. The third-order valence-electron chi connectivity index (χ3n) is 2.58. The first kappa shape index (κ1) is 15.6. The highest BCUT2D eigenvalue weighted by Gasteiger charge is 2.10. The second-order valence-corrected chi connectivity index (χ2v) is 6.32. The zero-order valence-electron chi connectivity index (χ0n) is 10.2. The molecule has 0 amide bonds. The van der Waals surface area contributed by atoms with Gasteiger partial charge in [0.05, 0.1) is 0 Å². The average molecular weight is 379 g/mol. The number of anilines is 1. The number of hydrogen-bond donors (Lipinski definition) is 1. The lowest BCUT2D eigenvalue weighted by molar-refractivity contribution is 0.252. The average Bonchev–Trinajstić information content (AvgIpc) is 2.41. The van der Waals surface area contributed by atoms with Crippen LogP contribution in [0.15, 0.2) is 51.8 Å². The molecule has 0 saturated carbocycles. The van der Waals surface area contributed by atoms with E-state index >= 15 is 0 Å². The molecule has 0 spiro atoms. The van der Waals surface area contributed by atoms with Gasteiger partial charge in [0.1, 0.15) is 0 Å². The van der Waals surface area contributed by atoms with Crippen LogP contribution in [0.25, 0.3) is 0 Å². The quantitative estimate of drug-likeness (QED) is 0.638. The lowest BCUT2D eigenvalue weighted by atomic mass is 10.2. The van der Waals surface area contributed by atoms with Crippen LogP contribution in [0.5, 0.6) is 0 Å². The zero-order chi connectivity index (χ0) is 14.5. The molecule has 0 aromatic heterocycles. The zero-order valence-corrected chi connectivity index (χ0v) is 13.4. The SMILES string of the molecule is FC(F)Sc1ccccc1NCc1cc(Br)ccc1Cl. The maximum absolute atomic E-state index is 12.5. The summed E-state index contributed by atoms with van der Waals surface area (Å²) >= 11 is 10.0. The Balaban J connectivity index is 2.12. The molecule has 0 bridgehead atoms. The first-order chi connectivity index (χ1) is 9.56. The Labute approximate surface area is 133 Å². The predicted octanol–water partition coefficient (Wildman–Crippen LogP) is 6.03. The maximum Gasteiger partial charge on any atom is 0.288 e. The molecular formula is C14H11BrClF2NS. The fourth-order valence-corrected chi connectivity index (χ4v) is 2.89. The number of nitrogens with one attached hydrogen (secondary N) is 1. The third-order valence-corrected chi connectivity index (χ3v) is 4.23. The highest BCUT2D eigenvalue weighted by Crippen LogP contribution is 2.32. The summed E-state index contributed by atoms with van der Waals surface area (Å²) in [6.07, 6.45) is 0. The minimum atomic E-state index is -2.44. The summed E-state index contributed by atoms with van der Waals surface area (Å²) in [5.41, 5.74) is 1.58. The van der Waals surface area contributed by atoms with E-state index in [4.69, 9.17) is 11.6 Å². The van der Waals surface area contributed by atoms with E-state index in [1.54, 1.807) is 30.3 Å². The van der Waals surface area contributed by atoms with Crippen LogP contribution >= 0.6 is 39.3 Å². The van der Waals surface area contributed by atoms with Crippen molar-refractivity contribution in [1.82, 2.24) is 0 Å². The normalized spacial score (nSPS) is 10.8. The molecule has 0 aliphatic carbocycles. The molecule has 1 nitrogen and oxygen atoms in total. The van der Waals surface area contributed by atoms with E-state index in [0.29, 0.717) is 33.9 Å². The van der Waals surface area contributed by atoms with Gasteiger partial charge in [0.25, 0.3) is 5.76 Å². The van der Waals surface area contributed by atoms with E-state index in [0.717, 1.165) is 10.0 Å². The number of hydrogen-bond acceptors (Lipinski definition) is 2. The summed E-state index contributed by atoms with van der Waals surface area (Å²) in [6.45, 7) is 0.471. The van der Waals surface area contributed by atoms with E-state index < -0.39 is 5.76 Å². The second-order valence-electron chi connectivity index (χ2n) is 3.96. The van der Waals surface area contributed by atoms with Crippen LogP contribution < -0.4 is 5.32 Å². The lowest BCUT2D eigenvalue weighted by Crippen LogP contribution is -2.01. The molecule has 2 aromatic rings. The summed E-state index contributed by atoms with van der Waals surface area (Å²) in [7, 11) is 0. The molecule has 0 radical (unpaired) electrons. The molecular weight excluding hydrogens is 368 g/mol. The molecule has 0 atom stereocenters. The van der Waals surface area contributed by atoms with Gasteiger partial charge in [0.15, 0.2) is 0 Å². The summed E-state index contributed by atoms with van der Waals surface area (Å²) in [6, 6.07) is 12.5. The minimum absolute atomic E-state index is 0.471. The topological polar surface area (TPSA) is 12.0 Å². The molecule has 0 fully saturated rings. The summed E-state index contributed by atoms with van der Waals surface area (Å²) in [5, 5.41) is 3.78. The van der Waals surface area contributed by atoms with Gasteiger partial charge >= 0.3 is 0 Å². The van der Waals surface area contributed by atoms with Crippen LogP contribution in [0.1, 0.15) is 5.56 Å². The van der Waals surface area contributed by atoms with Crippen LogP contribution in [0.4, 0.5) is 14.5 Å². The van der Waals surface area contributed by atoms with E-state index in [1.807, 2.05) is 12.1 Å². The van der Waals surface area contributed by atoms with Crippen molar-refractivity contribution in [3.05, 3.63) is 57.5 Å². The van der Waals surface area contributed by atoms with Crippen LogP contribution in [0, 0.1) is 0 Å². The first-order valence-electron chi connectivity index (χ1n) is 5.78. The van der Waals surface area contributed by atoms with Crippen LogP contribution in [-0.4, -0.2) is 5.76 Å². The highest BCUT2D eigenvalue weighted by molar-refractivity contribution is 9.10. The molecule has 0 aliphatic rings. The van der Waals surface area contributed by atoms with Crippen molar-refractivity contribution in [3.8, 4) is 0 Å². The van der Waals surface area contributed by atoms with E-state index in [9.17, 15) is 8.78 Å². The van der Waals surface area contributed by atoms with Gasteiger partial charge in [0, 0.05) is 26.6 Å². The largest absolute Gasteiger partial charge is 0.380 e. The molecule has 20 heavy (non-hydrogen) atoms. The molecule has 6 heteroatoms. The fraction of sp³-hybridized carbons (Fsp3) is 0.143. The maximum atomic E-state index is 12.5. The van der Waals surface area contributed by atoms with Gasteiger partial charge in [-0.1, -0.05) is 51.4 Å². The van der Waals surface area contributed by atoms with Crippen LogP contribution in [0.3, 0.4) is 0 Å². The number of thioether (sulfide) groups is 1. The van der Waals surface area contributed by atoms with E-state index in [1.165, 1.54) is 0 Å². The Bertz CT molecular complexity index is 595. The molecule has 106 valence electrons. The third kappa shape index (κ3) is 4.36. The Morgan fingerprint density at radius 1 is 1.20 bits per heavy atom. The Hall–Kier alpha value is -0.780. The Kier molecular flexibility index (Phi) is 5.69. The van der Waals surface area contributed by atoms with E-state index in [-0.39, 0.29) is 0 Å². The molecule has 2 rings (SSSR count). The molecule has 0 saturated heterocycles. The van der Waals surface area contributed by atoms with Crippen LogP contribution in [-0.2, 0) is 6.54 Å². The molecule has 0 unspecified atom stereocenters. The van der Waals surface area contributed by atoms with Gasteiger partial charge in [-0.15, -0.1) is 0 Å². The molecule has 2 aromatic carbocycles. The number of benzene rings is 2. The highest BCUT2D eigenvalue weighted by atomic mass is 79.9. The van der Waals surface area contributed by atoms with Gasteiger partial charge in [-0.25, -0.2) is 0 Å². The Morgan fingerprint density at radius 2 is 1.95 bits per heavy atom. The fourth-order valence-electron chi connectivity index (χ4n) is 1.68. The number of para-hydroxylation sites is 1. The second kappa shape index (κ2) is 7.29. The standard InChI is InChI=1S/C14H11BrClF2NS/c15-10-5-6-11(16)9(7-10)8-19-12-3-1-2-4-13(12)20-14(17)18/h1-7,14,19H,8H2. The van der Waals surface area contributed by atoms with Crippen molar-refractivity contribution in [3.63, 3.8) is 0 Å². The van der Waals surface area contributed by atoms with Crippen molar-refractivity contribution in [1.29, 1.82) is 0 Å². The smallest absolute Gasteiger partial charge is 0.288 e. The van der Waals surface area contributed by atoms with Crippen LogP contribution in [0.2, 0.25) is 5.02 Å². The van der Waals surface area contributed by atoms with Gasteiger partial charge < -0.3 is 5.32 Å². The molecule has 0 heterocycles. The van der Waals surface area contributed by atoms with E-state index in [2.05, 4.69) is 21.2 Å². The number of rotatable bonds is 5. The van der Waals surface area contributed by atoms with Crippen molar-refractivity contribution >= 4 is 45.0 Å². The van der Waals surface area contributed by atoms with Gasteiger partial charge in [-0.2, -0.15) is 8.78 Å². The predicted molar refractivity (Wildman–Crippen MR) is 84.8 cm³/mol. The number of alkyl halides is 2. The van der Waals surface area contributed by atoms with Gasteiger partial charge in [0.2, 0.25) is 0 Å². The van der Waals surface area contributed by atoms with Crippen molar-refractivity contribution in [2.24, 2.45) is 0 Å². The monoisotopic (exact) mass is 377 g/mol. The van der Waals surface area contributed by atoms with Gasteiger partial charge in [-0.3, -0.25) is 0 Å². The number of halogens is 4. The Morgan fingerprint density at radius 3 is 2.70 bits per heavy atom. The molecule has 1 N–H and O–H groups in total. The van der Waals surface area contributed by atoms with Gasteiger partial charge in [-0.05, 0) is 35.9 Å². The lowest BCUT2D eigenvalue weighted by Gasteiger charge is -2.12. The summed E-state index contributed by atoms with van der Waals surface area (Å²) in [5.74, 6) is -2.44. The summed E-state index contributed by atoms with van der Waals surface area (Å²) < 4.78 is 25.9.